The van der Waals surface area contributed by atoms with Gasteiger partial charge in [-0.05, 0) is 47.6 Å². The van der Waals surface area contributed by atoms with Crippen molar-refractivity contribution in [2.24, 2.45) is 10.9 Å². The number of carbonyl (C=O) groups is 1. The Morgan fingerprint density at radius 2 is 2.23 bits per heavy atom. The van der Waals surface area contributed by atoms with E-state index in [0.717, 1.165) is 22.2 Å². The second-order valence-electron chi connectivity index (χ2n) is 6.74. The van der Waals surface area contributed by atoms with Gasteiger partial charge in [-0.3, -0.25) is 9.69 Å². The predicted molar refractivity (Wildman–Crippen MR) is 104 cm³/mol. The molecule has 1 N–H and O–H groups in total. The number of carbonyl (C=O) groups excluding carboxylic acids is 1. The normalized spacial score (nSPS) is 19.1. The molecule has 7 nitrogen and oxygen atoms in total. The number of aliphatic imine (C=N–C) groups is 1. The van der Waals surface area contributed by atoms with Crippen LogP contribution in [0.2, 0.25) is 0 Å². The van der Waals surface area contributed by atoms with Gasteiger partial charge in [0.2, 0.25) is 5.96 Å². The third-order valence-corrected chi connectivity index (χ3v) is 4.78. The zero-order valence-corrected chi connectivity index (χ0v) is 16.2. The van der Waals surface area contributed by atoms with Gasteiger partial charge in [-0.2, -0.15) is 0 Å². The molecule has 1 aliphatic heterocycles. The maximum absolute atomic E-state index is 12.6. The number of fused-ring (bicyclic) bond motifs is 1. The van der Waals surface area contributed by atoms with E-state index in [-0.39, 0.29) is 11.9 Å². The first-order chi connectivity index (χ1) is 12.5. The molecule has 0 spiro atoms. The minimum atomic E-state index is -0.105. The molecule has 1 saturated heterocycles. The minimum absolute atomic E-state index is 0.0108. The zero-order chi connectivity index (χ0) is 18.7. The van der Waals surface area contributed by atoms with Crippen molar-refractivity contribution >= 4 is 39.7 Å². The van der Waals surface area contributed by atoms with Crippen molar-refractivity contribution in [1.82, 2.24) is 19.8 Å². The molecule has 1 fully saturated rings. The number of nitrogens with zero attached hydrogens (tertiary/aromatic N) is 4. The SMILES string of the molecule is COC[C@@H](CC(C)C)N=C1N/C(=C\c2ccc3nnsc3c2)C(=O)N1C. The number of amides is 1. The van der Waals surface area contributed by atoms with Crippen LogP contribution in [-0.2, 0) is 9.53 Å². The van der Waals surface area contributed by atoms with Crippen LogP contribution >= 0.6 is 11.5 Å². The Balaban J connectivity index is 1.83. The molecule has 138 valence electrons. The third kappa shape index (κ3) is 4.08. The Morgan fingerprint density at radius 1 is 1.42 bits per heavy atom. The highest BCUT2D eigenvalue weighted by Gasteiger charge is 2.29. The van der Waals surface area contributed by atoms with Gasteiger partial charge in [0, 0.05) is 14.2 Å². The Labute approximate surface area is 156 Å². The number of aromatic nitrogens is 2. The molecule has 0 radical (unpaired) electrons. The van der Waals surface area contributed by atoms with Crippen LogP contribution in [0.5, 0.6) is 0 Å². The summed E-state index contributed by atoms with van der Waals surface area (Å²) in [6, 6.07) is 5.81. The number of nitrogens with one attached hydrogen (secondary N) is 1. The average molecular weight is 373 g/mol. The van der Waals surface area contributed by atoms with Crippen LogP contribution in [0.1, 0.15) is 25.8 Å². The molecule has 1 aromatic heterocycles. The van der Waals surface area contributed by atoms with E-state index < -0.39 is 0 Å². The highest BCUT2D eigenvalue weighted by molar-refractivity contribution is 7.12. The summed E-state index contributed by atoms with van der Waals surface area (Å²) < 4.78 is 10.2. The van der Waals surface area contributed by atoms with Crippen molar-refractivity contribution in [2.75, 3.05) is 20.8 Å². The fraction of sp³-hybridized carbons (Fsp3) is 0.444. The first kappa shape index (κ1) is 18.5. The van der Waals surface area contributed by atoms with Crippen molar-refractivity contribution in [3.05, 3.63) is 29.5 Å². The largest absolute Gasteiger partial charge is 0.382 e. The van der Waals surface area contributed by atoms with Gasteiger partial charge in [-0.25, -0.2) is 4.99 Å². The molecule has 0 saturated carbocycles. The molecule has 0 unspecified atom stereocenters. The average Bonchev–Trinajstić information content (AvgIpc) is 3.15. The van der Waals surface area contributed by atoms with Crippen LogP contribution in [0.4, 0.5) is 0 Å². The molecule has 8 heteroatoms. The highest BCUT2D eigenvalue weighted by atomic mass is 32.1. The molecule has 2 heterocycles. The molecule has 1 atom stereocenters. The van der Waals surface area contributed by atoms with E-state index in [1.54, 1.807) is 19.1 Å². The van der Waals surface area contributed by atoms with Crippen LogP contribution < -0.4 is 5.32 Å². The van der Waals surface area contributed by atoms with Gasteiger partial charge in [0.15, 0.2) is 0 Å². The lowest BCUT2D eigenvalue weighted by atomic mass is 10.1. The number of benzene rings is 1. The molecule has 0 aliphatic carbocycles. The lowest BCUT2D eigenvalue weighted by molar-refractivity contribution is -0.121. The molecule has 1 aromatic carbocycles. The van der Waals surface area contributed by atoms with Gasteiger partial charge in [-0.15, -0.1) is 5.10 Å². The van der Waals surface area contributed by atoms with Crippen molar-refractivity contribution in [3.8, 4) is 0 Å². The molecule has 3 rings (SSSR count). The van der Waals surface area contributed by atoms with Crippen molar-refractivity contribution in [2.45, 2.75) is 26.3 Å². The topological polar surface area (TPSA) is 79.7 Å². The number of ether oxygens (including phenoxy) is 1. The lowest BCUT2D eigenvalue weighted by Crippen LogP contribution is -2.31. The van der Waals surface area contributed by atoms with Crippen molar-refractivity contribution in [1.29, 1.82) is 0 Å². The first-order valence-corrected chi connectivity index (χ1v) is 9.31. The van der Waals surface area contributed by atoms with Crippen LogP contribution in [0.15, 0.2) is 28.9 Å². The maximum Gasteiger partial charge on any atom is 0.276 e. The number of likely N-dealkylation sites (N-methyl/N-ethyl adjacent to an activating group) is 1. The van der Waals surface area contributed by atoms with Gasteiger partial charge < -0.3 is 10.1 Å². The predicted octanol–water partition coefficient (Wildman–Crippen LogP) is 2.51. The third-order valence-electron chi connectivity index (χ3n) is 4.09. The first-order valence-electron chi connectivity index (χ1n) is 8.53. The van der Waals surface area contributed by atoms with Gasteiger partial charge in [-0.1, -0.05) is 24.4 Å². The standard InChI is InChI=1S/C18H23N5O2S/c1-11(2)7-13(10-25-4)19-18-20-15(17(24)23(18)3)8-12-5-6-14-16(9-12)26-22-21-14/h5-6,8-9,11,13H,7,10H2,1-4H3,(H,19,20)/b15-8-/t13-/m1/s1. The van der Waals surface area contributed by atoms with E-state index in [2.05, 4.69) is 28.8 Å². The van der Waals surface area contributed by atoms with E-state index in [0.29, 0.717) is 24.2 Å². The summed E-state index contributed by atoms with van der Waals surface area (Å²) in [6.45, 7) is 4.82. The number of methoxy groups -OCH3 is 1. The van der Waals surface area contributed by atoms with Crippen LogP contribution in [0.3, 0.4) is 0 Å². The summed E-state index contributed by atoms with van der Waals surface area (Å²) >= 11 is 1.34. The monoisotopic (exact) mass is 373 g/mol. The Kier molecular flexibility index (Phi) is 5.63. The second kappa shape index (κ2) is 7.92. The lowest BCUT2D eigenvalue weighted by Gasteiger charge is -2.16. The molecule has 1 amide bonds. The maximum atomic E-state index is 12.6. The number of hydrogen-bond acceptors (Lipinski definition) is 6. The smallest absolute Gasteiger partial charge is 0.276 e. The minimum Gasteiger partial charge on any atom is -0.382 e. The van der Waals surface area contributed by atoms with Gasteiger partial charge in [0.25, 0.3) is 5.91 Å². The Bertz CT molecular complexity index is 858. The fourth-order valence-corrected chi connectivity index (χ4v) is 3.48. The molecule has 1 aliphatic rings. The quantitative estimate of drug-likeness (QED) is 0.787. The number of rotatable bonds is 6. The van der Waals surface area contributed by atoms with Gasteiger partial charge in [0.05, 0.1) is 17.3 Å². The summed E-state index contributed by atoms with van der Waals surface area (Å²) in [7, 11) is 3.39. The number of guanidine groups is 1. The molecule has 2 aromatic rings. The van der Waals surface area contributed by atoms with Gasteiger partial charge in [0.1, 0.15) is 11.2 Å². The van der Waals surface area contributed by atoms with E-state index in [1.807, 2.05) is 24.3 Å². The summed E-state index contributed by atoms with van der Waals surface area (Å²) in [5, 5.41) is 7.18. The van der Waals surface area contributed by atoms with Crippen LogP contribution in [0, 0.1) is 5.92 Å². The van der Waals surface area contributed by atoms with Crippen LogP contribution in [0.25, 0.3) is 16.3 Å². The summed E-state index contributed by atoms with van der Waals surface area (Å²) in [6.07, 6.45) is 2.73. The highest BCUT2D eigenvalue weighted by Crippen LogP contribution is 2.20. The van der Waals surface area contributed by atoms with E-state index in [1.165, 1.54) is 11.5 Å². The van der Waals surface area contributed by atoms with Crippen molar-refractivity contribution in [3.63, 3.8) is 0 Å². The van der Waals surface area contributed by atoms with E-state index in [9.17, 15) is 4.79 Å². The van der Waals surface area contributed by atoms with Gasteiger partial charge >= 0.3 is 0 Å². The summed E-state index contributed by atoms with van der Waals surface area (Å²) in [4.78, 5) is 18.8. The molecule has 26 heavy (non-hydrogen) atoms. The molecular weight excluding hydrogens is 350 g/mol. The fourth-order valence-electron chi connectivity index (χ4n) is 2.87. The number of hydrogen-bond donors (Lipinski definition) is 1. The van der Waals surface area contributed by atoms with E-state index in [4.69, 9.17) is 9.73 Å². The van der Waals surface area contributed by atoms with Crippen LogP contribution in [-0.4, -0.2) is 53.2 Å². The molecular formula is C18H23N5O2S. The molecule has 0 bridgehead atoms. The van der Waals surface area contributed by atoms with E-state index >= 15 is 0 Å². The Morgan fingerprint density at radius 3 is 2.96 bits per heavy atom. The summed E-state index contributed by atoms with van der Waals surface area (Å²) in [5.41, 5.74) is 2.28. The Hall–Kier alpha value is -2.32. The van der Waals surface area contributed by atoms with Crippen molar-refractivity contribution < 1.29 is 9.53 Å². The second-order valence-corrected chi connectivity index (χ2v) is 7.52. The summed E-state index contributed by atoms with van der Waals surface area (Å²) in [5.74, 6) is 0.952. The zero-order valence-electron chi connectivity index (χ0n) is 15.4.